The summed E-state index contributed by atoms with van der Waals surface area (Å²) in [6, 6.07) is 4.82. The third-order valence-electron chi connectivity index (χ3n) is 6.07. The summed E-state index contributed by atoms with van der Waals surface area (Å²) < 4.78 is 6.71. The van der Waals surface area contributed by atoms with Gasteiger partial charge in [-0.05, 0) is 25.3 Å². The highest BCUT2D eigenvalue weighted by molar-refractivity contribution is 7.07. The van der Waals surface area contributed by atoms with E-state index >= 15 is 0 Å². The number of fused-ring (bicyclic) bond motifs is 2. The van der Waals surface area contributed by atoms with Crippen molar-refractivity contribution in [1.82, 2.24) is 14.5 Å². The van der Waals surface area contributed by atoms with Crippen molar-refractivity contribution in [1.29, 1.82) is 0 Å². The van der Waals surface area contributed by atoms with E-state index in [4.69, 9.17) is 4.74 Å². The fraction of sp³-hybridized carbons (Fsp3) is 0.500. The minimum absolute atomic E-state index is 0.00712. The molecule has 148 valence electrons. The quantitative estimate of drug-likeness (QED) is 0.690. The molecule has 2 aliphatic rings. The molecule has 8 heteroatoms. The maximum absolute atomic E-state index is 13.0. The van der Waals surface area contributed by atoms with Gasteiger partial charge in [-0.3, -0.25) is 14.4 Å². The minimum atomic E-state index is -0.731. The van der Waals surface area contributed by atoms with Crippen LogP contribution in [-0.4, -0.2) is 45.5 Å². The Labute approximate surface area is 167 Å². The van der Waals surface area contributed by atoms with E-state index in [0.29, 0.717) is 19.4 Å². The molecule has 2 aromatic heterocycles. The molecule has 0 radical (unpaired) electrons. The summed E-state index contributed by atoms with van der Waals surface area (Å²) in [6.45, 7) is 0.339. The first-order valence-electron chi connectivity index (χ1n) is 9.47. The number of pyridine rings is 1. The van der Waals surface area contributed by atoms with Gasteiger partial charge in [0.1, 0.15) is 0 Å². The number of aryl methyl sites for hydroxylation is 1. The average molecular weight is 401 g/mol. The molecule has 28 heavy (non-hydrogen) atoms. The number of aromatic nitrogens is 2. The summed E-state index contributed by atoms with van der Waals surface area (Å²) in [5.41, 5.74) is 1.78. The van der Waals surface area contributed by atoms with Crippen LogP contribution in [0.3, 0.4) is 0 Å². The van der Waals surface area contributed by atoms with Crippen LogP contribution in [0.1, 0.15) is 31.4 Å². The van der Waals surface area contributed by atoms with Crippen molar-refractivity contribution in [2.75, 3.05) is 7.11 Å². The van der Waals surface area contributed by atoms with Gasteiger partial charge in [-0.2, -0.15) is 0 Å². The molecule has 7 nitrogen and oxygen atoms in total. The molecular formula is C20H23N3O4S. The number of hydrogen-bond acceptors (Lipinski definition) is 6. The predicted octanol–water partition coefficient (Wildman–Crippen LogP) is 1.86. The lowest BCUT2D eigenvalue weighted by Crippen LogP contribution is -2.47. The lowest BCUT2D eigenvalue weighted by Gasteiger charge is -2.34. The van der Waals surface area contributed by atoms with Crippen molar-refractivity contribution in [3.05, 3.63) is 51.3 Å². The lowest BCUT2D eigenvalue weighted by atomic mass is 9.71. The molecule has 1 amide bonds. The Bertz CT molecular complexity index is 926. The number of carbonyl (C=O) groups is 2. The molecule has 3 atom stereocenters. The van der Waals surface area contributed by atoms with Crippen molar-refractivity contribution in [2.24, 2.45) is 5.41 Å². The molecule has 4 heterocycles. The Morgan fingerprint density at radius 3 is 2.93 bits per heavy atom. The maximum atomic E-state index is 13.0. The Kier molecular flexibility index (Phi) is 5.05. The van der Waals surface area contributed by atoms with Crippen molar-refractivity contribution in [3.63, 3.8) is 0 Å². The van der Waals surface area contributed by atoms with Gasteiger partial charge in [0.15, 0.2) is 0 Å². The zero-order valence-corrected chi connectivity index (χ0v) is 16.6. The lowest BCUT2D eigenvalue weighted by molar-refractivity contribution is -0.155. The third-order valence-corrected chi connectivity index (χ3v) is 6.70. The Morgan fingerprint density at radius 1 is 1.36 bits per heavy atom. The van der Waals surface area contributed by atoms with Crippen LogP contribution >= 0.6 is 11.3 Å². The number of rotatable bonds is 6. The van der Waals surface area contributed by atoms with E-state index in [1.165, 1.54) is 24.5 Å². The molecular weight excluding hydrogens is 378 g/mol. The van der Waals surface area contributed by atoms with Gasteiger partial charge < -0.3 is 14.2 Å². The Balaban J connectivity index is 1.54. The molecule has 2 saturated heterocycles. The van der Waals surface area contributed by atoms with Gasteiger partial charge in [0.2, 0.25) is 5.91 Å². The SMILES string of the molecule is COC(=O)[C@@]1(Cc2cscn2)C[C@H]2CC[C@@H]1N2C(=O)CCn1ccccc1=O. The first-order valence-corrected chi connectivity index (χ1v) is 10.4. The summed E-state index contributed by atoms with van der Waals surface area (Å²) in [4.78, 5) is 44.0. The number of amides is 1. The van der Waals surface area contributed by atoms with Crippen LogP contribution < -0.4 is 5.56 Å². The number of hydrogen-bond donors (Lipinski definition) is 0. The largest absolute Gasteiger partial charge is 0.469 e. The minimum Gasteiger partial charge on any atom is -0.469 e. The second-order valence-corrected chi connectivity index (χ2v) is 8.26. The van der Waals surface area contributed by atoms with Crippen LogP contribution in [0.2, 0.25) is 0 Å². The molecule has 2 fully saturated rings. The molecule has 0 N–H and O–H groups in total. The van der Waals surface area contributed by atoms with Crippen LogP contribution in [-0.2, 0) is 27.3 Å². The van der Waals surface area contributed by atoms with Gasteiger partial charge in [0.25, 0.3) is 5.56 Å². The van der Waals surface area contributed by atoms with E-state index in [-0.39, 0.29) is 35.9 Å². The van der Waals surface area contributed by atoms with Gasteiger partial charge in [-0.25, -0.2) is 4.98 Å². The van der Waals surface area contributed by atoms with E-state index in [9.17, 15) is 14.4 Å². The number of carbonyl (C=O) groups excluding carboxylic acids is 2. The molecule has 2 aromatic rings. The highest BCUT2D eigenvalue weighted by Crippen LogP contribution is 2.52. The number of ether oxygens (including phenoxy) is 1. The summed E-state index contributed by atoms with van der Waals surface area (Å²) in [7, 11) is 1.41. The highest BCUT2D eigenvalue weighted by Gasteiger charge is 2.61. The monoisotopic (exact) mass is 401 g/mol. The van der Waals surface area contributed by atoms with Crippen molar-refractivity contribution >= 4 is 23.2 Å². The molecule has 0 aliphatic carbocycles. The van der Waals surface area contributed by atoms with Gasteiger partial charge in [-0.15, -0.1) is 11.3 Å². The summed E-state index contributed by atoms with van der Waals surface area (Å²) >= 11 is 1.50. The predicted molar refractivity (Wildman–Crippen MR) is 104 cm³/mol. The summed E-state index contributed by atoms with van der Waals surface area (Å²) in [5.74, 6) is -0.267. The van der Waals surface area contributed by atoms with Gasteiger partial charge in [0, 0.05) is 49.1 Å². The van der Waals surface area contributed by atoms with Crippen molar-refractivity contribution in [3.8, 4) is 0 Å². The van der Waals surface area contributed by atoms with Gasteiger partial charge >= 0.3 is 5.97 Å². The van der Waals surface area contributed by atoms with E-state index < -0.39 is 5.41 Å². The van der Waals surface area contributed by atoms with Crippen LogP contribution in [0.25, 0.3) is 0 Å². The second kappa shape index (κ2) is 7.50. The van der Waals surface area contributed by atoms with Gasteiger partial charge in [-0.1, -0.05) is 6.07 Å². The van der Waals surface area contributed by atoms with Gasteiger partial charge in [0.05, 0.1) is 23.7 Å². The first-order chi connectivity index (χ1) is 13.5. The van der Waals surface area contributed by atoms with E-state index in [2.05, 4.69) is 4.98 Å². The number of nitrogens with zero attached hydrogens (tertiary/aromatic N) is 3. The molecule has 0 unspecified atom stereocenters. The zero-order chi connectivity index (χ0) is 19.7. The average Bonchev–Trinajstić information content (AvgIpc) is 3.42. The van der Waals surface area contributed by atoms with Crippen molar-refractivity contribution in [2.45, 2.75) is 50.7 Å². The molecule has 0 saturated carbocycles. The zero-order valence-electron chi connectivity index (χ0n) is 15.7. The smallest absolute Gasteiger partial charge is 0.314 e. The highest BCUT2D eigenvalue weighted by atomic mass is 32.1. The maximum Gasteiger partial charge on any atom is 0.314 e. The fourth-order valence-electron chi connectivity index (χ4n) is 4.88. The number of esters is 1. The second-order valence-electron chi connectivity index (χ2n) is 7.54. The van der Waals surface area contributed by atoms with E-state index in [1.54, 1.807) is 28.4 Å². The molecule has 4 rings (SSSR count). The first kappa shape index (κ1) is 18.9. The Morgan fingerprint density at radius 2 is 2.21 bits per heavy atom. The molecule has 2 aliphatic heterocycles. The van der Waals surface area contributed by atoms with Crippen LogP contribution in [0, 0.1) is 5.41 Å². The molecule has 2 bridgehead atoms. The normalized spacial score (nSPS) is 25.8. The fourth-order valence-corrected chi connectivity index (χ4v) is 5.44. The van der Waals surface area contributed by atoms with Crippen molar-refractivity contribution < 1.29 is 14.3 Å². The summed E-state index contributed by atoms with van der Waals surface area (Å²) in [6.07, 6.45) is 4.73. The number of methoxy groups -OCH3 is 1. The van der Waals surface area contributed by atoms with Crippen LogP contribution in [0.4, 0.5) is 0 Å². The standard InChI is InChI=1S/C20H23N3O4S/c1-27-19(26)20(10-14-12-28-13-21-14)11-15-5-6-16(20)23(15)18(25)7-9-22-8-3-2-4-17(22)24/h2-4,8,12-13,15-16H,5-7,9-11H2,1H3/t15-,16+,20+/m1/s1. The molecule has 0 aromatic carbocycles. The number of thiazole rings is 1. The topological polar surface area (TPSA) is 81.5 Å². The van der Waals surface area contributed by atoms with Crippen LogP contribution in [0.15, 0.2) is 40.1 Å². The molecule has 0 spiro atoms. The summed E-state index contributed by atoms with van der Waals surface area (Å²) in [5, 5.41) is 1.95. The third kappa shape index (κ3) is 3.15. The Hall–Kier alpha value is -2.48. The van der Waals surface area contributed by atoms with Crippen LogP contribution in [0.5, 0.6) is 0 Å². The van der Waals surface area contributed by atoms with E-state index in [0.717, 1.165) is 18.5 Å². The van der Waals surface area contributed by atoms with E-state index in [1.807, 2.05) is 10.3 Å².